The molecule has 0 radical (unpaired) electrons. The van der Waals surface area contributed by atoms with Gasteiger partial charge in [-0.2, -0.15) is 0 Å². The normalized spacial score (nSPS) is 21.8. The van der Waals surface area contributed by atoms with Crippen molar-refractivity contribution in [2.75, 3.05) is 13.7 Å². The molecule has 2 rings (SSSR count). The van der Waals surface area contributed by atoms with E-state index in [-0.39, 0.29) is 11.6 Å². The molecule has 1 fully saturated rings. The Hall–Kier alpha value is -1.06. The van der Waals surface area contributed by atoms with Crippen molar-refractivity contribution in [3.63, 3.8) is 0 Å². The fourth-order valence-corrected chi connectivity index (χ4v) is 3.30. The van der Waals surface area contributed by atoms with Crippen LogP contribution in [0, 0.1) is 5.41 Å². The largest absolute Gasteiger partial charge is 0.494 e. The zero-order valence-electron chi connectivity index (χ0n) is 13.8. The van der Waals surface area contributed by atoms with Gasteiger partial charge in [-0.05, 0) is 44.1 Å². The van der Waals surface area contributed by atoms with E-state index in [9.17, 15) is 0 Å². The average molecular weight is 291 g/mol. The lowest BCUT2D eigenvalue weighted by molar-refractivity contribution is -0.0798. The van der Waals surface area contributed by atoms with Gasteiger partial charge in [0.1, 0.15) is 5.75 Å². The second-order valence-corrected chi connectivity index (χ2v) is 6.88. The maximum absolute atomic E-state index is 6.63. The number of hydrogen-bond acceptors (Lipinski definition) is 3. The first-order valence-corrected chi connectivity index (χ1v) is 7.96. The lowest BCUT2D eigenvalue weighted by Crippen LogP contribution is -2.47. The molecule has 0 aliphatic heterocycles. The van der Waals surface area contributed by atoms with Gasteiger partial charge in [-0.25, -0.2) is 0 Å². The summed E-state index contributed by atoms with van der Waals surface area (Å²) in [5, 5.41) is 0. The minimum absolute atomic E-state index is 0.152. The van der Waals surface area contributed by atoms with Crippen LogP contribution in [0.25, 0.3) is 0 Å². The zero-order valence-corrected chi connectivity index (χ0v) is 13.8. The van der Waals surface area contributed by atoms with Crippen LogP contribution in [0.3, 0.4) is 0 Å². The van der Waals surface area contributed by atoms with Crippen molar-refractivity contribution in [1.82, 2.24) is 0 Å². The third-order valence-electron chi connectivity index (χ3n) is 4.98. The van der Waals surface area contributed by atoms with E-state index in [2.05, 4.69) is 19.9 Å². The van der Waals surface area contributed by atoms with Crippen LogP contribution < -0.4 is 10.5 Å². The fraction of sp³-hybridized carbons (Fsp3) is 0.667. The van der Waals surface area contributed by atoms with Gasteiger partial charge in [-0.15, -0.1) is 0 Å². The molecule has 0 bridgehead atoms. The number of benzene rings is 1. The summed E-state index contributed by atoms with van der Waals surface area (Å²) in [7, 11) is 1.79. The fourth-order valence-electron chi connectivity index (χ4n) is 3.30. The minimum Gasteiger partial charge on any atom is -0.494 e. The van der Waals surface area contributed by atoms with Gasteiger partial charge in [0, 0.05) is 12.7 Å². The average Bonchev–Trinajstić information content (AvgIpc) is 2.48. The van der Waals surface area contributed by atoms with Gasteiger partial charge < -0.3 is 15.2 Å². The molecule has 0 saturated heterocycles. The summed E-state index contributed by atoms with van der Waals surface area (Å²) in [5.41, 5.74) is 7.80. The molecule has 0 spiro atoms. The predicted octanol–water partition coefficient (Wildman–Crippen LogP) is 4.07. The highest BCUT2D eigenvalue weighted by Crippen LogP contribution is 2.47. The van der Waals surface area contributed by atoms with Crippen molar-refractivity contribution >= 4 is 0 Å². The van der Waals surface area contributed by atoms with Gasteiger partial charge in [0.15, 0.2) is 0 Å². The maximum atomic E-state index is 6.63. The van der Waals surface area contributed by atoms with Crippen molar-refractivity contribution < 1.29 is 9.47 Å². The molecule has 1 aliphatic carbocycles. The highest BCUT2D eigenvalue weighted by atomic mass is 16.5. The first-order valence-electron chi connectivity index (χ1n) is 7.96. The van der Waals surface area contributed by atoms with Gasteiger partial charge in [0.25, 0.3) is 0 Å². The van der Waals surface area contributed by atoms with Crippen molar-refractivity contribution in [2.45, 2.75) is 58.1 Å². The quantitative estimate of drug-likeness (QED) is 0.889. The van der Waals surface area contributed by atoms with Crippen molar-refractivity contribution in [2.24, 2.45) is 11.1 Å². The summed E-state index contributed by atoms with van der Waals surface area (Å²) >= 11 is 0. The molecule has 1 aromatic carbocycles. The topological polar surface area (TPSA) is 44.5 Å². The van der Waals surface area contributed by atoms with Crippen LogP contribution in [0.1, 0.15) is 58.1 Å². The predicted molar refractivity (Wildman–Crippen MR) is 86.5 cm³/mol. The molecular formula is C18H29NO2. The summed E-state index contributed by atoms with van der Waals surface area (Å²) in [6.45, 7) is 7.30. The third-order valence-corrected chi connectivity index (χ3v) is 4.98. The summed E-state index contributed by atoms with van der Waals surface area (Å²) < 4.78 is 11.7. The second kappa shape index (κ2) is 6.37. The van der Waals surface area contributed by atoms with Crippen LogP contribution in [-0.4, -0.2) is 19.3 Å². The van der Waals surface area contributed by atoms with E-state index >= 15 is 0 Å². The molecular weight excluding hydrogens is 262 g/mol. The molecule has 1 saturated carbocycles. The van der Waals surface area contributed by atoms with Crippen LogP contribution in [0.5, 0.6) is 5.75 Å². The molecule has 2 N–H and O–H groups in total. The molecule has 0 amide bonds. The van der Waals surface area contributed by atoms with E-state index in [1.807, 2.05) is 25.1 Å². The van der Waals surface area contributed by atoms with Gasteiger partial charge in [-0.3, -0.25) is 0 Å². The van der Waals surface area contributed by atoms with Gasteiger partial charge in [0.2, 0.25) is 0 Å². The van der Waals surface area contributed by atoms with E-state index < -0.39 is 0 Å². The molecule has 0 aromatic heterocycles. The standard InChI is InChI=1S/C18H29NO2/c1-5-21-15-9-7-6-8-14(15)16(19)18(20-4)12-10-17(2,3)11-13-18/h6-9,16H,5,10-13,19H2,1-4H3. The Morgan fingerprint density at radius 2 is 1.76 bits per heavy atom. The number of ether oxygens (including phenoxy) is 2. The van der Waals surface area contributed by atoms with Crippen LogP contribution in [-0.2, 0) is 4.74 Å². The van der Waals surface area contributed by atoms with Crippen molar-refractivity contribution in [3.05, 3.63) is 29.8 Å². The summed E-state index contributed by atoms with van der Waals surface area (Å²) in [6, 6.07) is 7.92. The summed E-state index contributed by atoms with van der Waals surface area (Å²) in [6.07, 6.45) is 4.28. The van der Waals surface area contributed by atoms with Gasteiger partial charge in [-0.1, -0.05) is 32.0 Å². The Morgan fingerprint density at radius 1 is 1.14 bits per heavy atom. The Morgan fingerprint density at radius 3 is 2.33 bits per heavy atom. The molecule has 1 unspecified atom stereocenters. The third kappa shape index (κ3) is 3.41. The summed E-state index contributed by atoms with van der Waals surface area (Å²) in [4.78, 5) is 0. The summed E-state index contributed by atoms with van der Waals surface area (Å²) in [5.74, 6) is 0.883. The van der Waals surface area contributed by atoms with E-state index in [0.717, 1.165) is 37.0 Å². The molecule has 3 heteroatoms. The van der Waals surface area contributed by atoms with Crippen LogP contribution >= 0.6 is 0 Å². The smallest absolute Gasteiger partial charge is 0.124 e. The molecule has 1 aliphatic rings. The maximum Gasteiger partial charge on any atom is 0.124 e. The van der Waals surface area contributed by atoms with Gasteiger partial charge in [0.05, 0.1) is 18.2 Å². The SMILES string of the molecule is CCOc1ccccc1C(N)C1(OC)CCC(C)(C)CC1. The number of hydrogen-bond donors (Lipinski definition) is 1. The van der Waals surface area contributed by atoms with Crippen molar-refractivity contribution in [3.8, 4) is 5.75 Å². The van der Waals surface area contributed by atoms with E-state index in [0.29, 0.717) is 12.0 Å². The Balaban J connectivity index is 2.27. The van der Waals surface area contributed by atoms with E-state index in [1.165, 1.54) is 0 Å². The van der Waals surface area contributed by atoms with Crippen LogP contribution in [0.15, 0.2) is 24.3 Å². The zero-order chi connectivity index (χ0) is 15.5. The lowest BCUT2D eigenvalue weighted by atomic mass is 9.67. The highest BCUT2D eigenvalue weighted by Gasteiger charge is 2.44. The first-order chi connectivity index (χ1) is 9.94. The number of rotatable bonds is 5. The highest BCUT2D eigenvalue weighted by molar-refractivity contribution is 5.37. The molecule has 1 aromatic rings. The first kappa shape index (κ1) is 16.3. The molecule has 3 nitrogen and oxygen atoms in total. The number of nitrogens with two attached hydrogens (primary N) is 1. The van der Waals surface area contributed by atoms with E-state index in [4.69, 9.17) is 15.2 Å². The van der Waals surface area contributed by atoms with Crippen LogP contribution in [0.2, 0.25) is 0 Å². The lowest BCUT2D eigenvalue weighted by Gasteiger charge is -2.46. The molecule has 0 heterocycles. The van der Waals surface area contributed by atoms with Gasteiger partial charge >= 0.3 is 0 Å². The second-order valence-electron chi connectivity index (χ2n) is 6.88. The Bertz CT molecular complexity index is 460. The number of methoxy groups -OCH3 is 1. The Labute approximate surface area is 128 Å². The molecule has 21 heavy (non-hydrogen) atoms. The van der Waals surface area contributed by atoms with Crippen LogP contribution in [0.4, 0.5) is 0 Å². The Kier molecular flexibility index (Phi) is 4.95. The monoisotopic (exact) mass is 291 g/mol. The van der Waals surface area contributed by atoms with Crippen molar-refractivity contribution in [1.29, 1.82) is 0 Å². The minimum atomic E-state index is -0.275. The van der Waals surface area contributed by atoms with E-state index in [1.54, 1.807) is 7.11 Å². The molecule has 118 valence electrons. The molecule has 1 atom stereocenters. The number of para-hydroxylation sites is 1.